The highest BCUT2D eigenvalue weighted by atomic mass is 35.5. The molecule has 1 aromatic heterocycles. The van der Waals surface area contributed by atoms with Crippen molar-refractivity contribution in [2.45, 2.75) is 24.1 Å². The van der Waals surface area contributed by atoms with Crippen LogP contribution in [0.1, 0.15) is 17.6 Å². The van der Waals surface area contributed by atoms with Gasteiger partial charge in [-0.05, 0) is 12.5 Å². The molecule has 0 amide bonds. The summed E-state index contributed by atoms with van der Waals surface area (Å²) in [7, 11) is -4.66. The third kappa shape index (κ3) is 3.88. The fraction of sp³-hybridized carbons (Fsp3) is 0.400. The maximum absolute atomic E-state index is 12.3. The zero-order chi connectivity index (χ0) is 15.6. The predicted molar refractivity (Wildman–Crippen MR) is 72.9 cm³/mol. The topological polar surface area (TPSA) is 99.7 Å². The summed E-state index contributed by atoms with van der Waals surface area (Å²) in [6, 6.07) is 0. The summed E-state index contributed by atoms with van der Waals surface area (Å²) < 4.78 is 37.2. The Hall–Kier alpha value is -1.28. The zero-order valence-electron chi connectivity index (χ0n) is 10.5. The van der Waals surface area contributed by atoms with Crippen LogP contribution in [0, 0.1) is 0 Å². The molecule has 1 aromatic rings. The van der Waals surface area contributed by atoms with Gasteiger partial charge in [-0.1, -0.05) is 11.6 Å². The number of halogens is 3. The summed E-state index contributed by atoms with van der Waals surface area (Å²) in [5.41, 5.74) is -1.64. The Morgan fingerprint density at radius 3 is 2.95 bits per heavy atom. The molecule has 1 aliphatic heterocycles. The van der Waals surface area contributed by atoms with Gasteiger partial charge in [0.05, 0.1) is 18.3 Å². The molecule has 7 nitrogen and oxygen atoms in total. The van der Waals surface area contributed by atoms with Gasteiger partial charge in [0.25, 0.3) is 6.08 Å². The summed E-state index contributed by atoms with van der Waals surface area (Å²) in [6.07, 6.45) is 0.745. The van der Waals surface area contributed by atoms with Gasteiger partial charge in [-0.15, -0.1) is 0 Å². The molecule has 116 valence electrons. The molecule has 2 atom stereocenters. The van der Waals surface area contributed by atoms with E-state index in [1.807, 2.05) is 0 Å². The standard InChI is InChI=1S/C10H12ClF2N4O3P/c11-9-8-10(15-4-14-9)17(5-16-8)2-1-6(3-7(12)13)21(18,19)20/h3-6,9H,1-2H2,(H,14,15)(H2,18,19,20). The second-order valence-electron chi connectivity index (χ2n) is 4.34. The van der Waals surface area contributed by atoms with Gasteiger partial charge in [-0.2, -0.15) is 8.78 Å². The Kier molecular flexibility index (Phi) is 4.77. The van der Waals surface area contributed by atoms with Crippen molar-refractivity contribution in [3.05, 3.63) is 24.2 Å². The molecule has 0 radical (unpaired) electrons. The van der Waals surface area contributed by atoms with Crippen LogP contribution in [0.4, 0.5) is 14.6 Å². The minimum Gasteiger partial charge on any atom is -0.355 e. The van der Waals surface area contributed by atoms with Crippen molar-refractivity contribution in [2.24, 2.45) is 4.99 Å². The van der Waals surface area contributed by atoms with Gasteiger partial charge in [0.2, 0.25) is 0 Å². The van der Waals surface area contributed by atoms with Crippen molar-refractivity contribution in [3.8, 4) is 0 Å². The molecule has 2 unspecified atom stereocenters. The first-order valence-corrected chi connectivity index (χ1v) is 7.96. The lowest BCUT2D eigenvalue weighted by molar-refractivity contribution is 0.355. The lowest BCUT2D eigenvalue weighted by Gasteiger charge is -2.16. The lowest BCUT2D eigenvalue weighted by atomic mass is 10.3. The minimum atomic E-state index is -4.66. The van der Waals surface area contributed by atoms with Gasteiger partial charge >= 0.3 is 7.60 Å². The molecule has 2 rings (SSSR count). The molecule has 0 fully saturated rings. The number of imidazole rings is 1. The van der Waals surface area contributed by atoms with E-state index in [0.29, 0.717) is 11.5 Å². The molecule has 0 bridgehead atoms. The van der Waals surface area contributed by atoms with E-state index in [9.17, 15) is 13.3 Å². The molecule has 0 saturated heterocycles. The van der Waals surface area contributed by atoms with Gasteiger partial charge in [0.15, 0.2) is 5.82 Å². The molecule has 0 saturated carbocycles. The first-order chi connectivity index (χ1) is 9.79. The van der Waals surface area contributed by atoms with Crippen LogP contribution < -0.4 is 5.32 Å². The number of fused-ring (bicyclic) bond motifs is 1. The Morgan fingerprint density at radius 2 is 2.33 bits per heavy atom. The molecular weight excluding hydrogens is 329 g/mol. The van der Waals surface area contributed by atoms with Crippen molar-refractivity contribution < 1.29 is 23.1 Å². The number of aromatic nitrogens is 2. The van der Waals surface area contributed by atoms with Crippen LogP contribution in [0.25, 0.3) is 0 Å². The van der Waals surface area contributed by atoms with Crippen LogP contribution in [-0.4, -0.2) is 31.3 Å². The Morgan fingerprint density at radius 1 is 1.62 bits per heavy atom. The minimum absolute atomic E-state index is 0.0723. The molecule has 0 aliphatic carbocycles. The number of hydrogen-bond acceptors (Lipinski definition) is 4. The van der Waals surface area contributed by atoms with E-state index < -0.39 is 24.8 Å². The van der Waals surface area contributed by atoms with E-state index in [1.54, 1.807) is 0 Å². The first kappa shape index (κ1) is 16.1. The highest BCUT2D eigenvalue weighted by Gasteiger charge is 2.28. The second-order valence-corrected chi connectivity index (χ2v) is 6.61. The number of alkyl halides is 1. The normalized spacial score (nSPS) is 18.8. The number of nitrogens with zero attached hydrogens (tertiary/aromatic N) is 3. The molecule has 11 heteroatoms. The van der Waals surface area contributed by atoms with E-state index in [4.69, 9.17) is 21.4 Å². The lowest BCUT2D eigenvalue weighted by Crippen LogP contribution is -2.18. The fourth-order valence-electron chi connectivity index (χ4n) is 1.88. The molecule has 0 aromatic carbocycles. The van der Waals surface area contributed by atoms with Crippen LogP contribution >= 0.6 is 19.2 Å². The zero-order valence-corrected chi connectivity index (χ0v) is 12.2. The van der Waals surface area contributed by atoms with E-state index in [-0.39, 0.29) is 19.0 Å². The molecule has 1 aliphatic rings. The molecule has 0 spiro atoms. The largest absolute Gasteiger partial charge is 0.355 e. The third-order valence-corrected chi connectivity index (χ3v) is 4.51. The van der Waals surface area contributed by atoms with E-state index in [1.165, 1.54) is 17.2 Å². The van der Waals surface area contributed by atoms with Crippen LogP contribution in [-0.2, 0) is 11.1 Å². The number of aryl methyl sites for hydroxylation is 1. The average Bonchev–Trinajstić information content (AvgIpc) is 2.77. The maximum Gasteiger partial charge on any atom is 0.332 e. The van der Waals surface area contributed by atoms with Gasteiger partial charge in [0.1, 0.15) is 11.2 Å². The highest BCUT2D eigenvalue weighted by molar-refractivity contribution is 7.52. The molecule has 3 N–H and O–H groups in total. The van der Waals surface area contributed by atoms with E-state index >= 15 is 0 Å². The number of nitrogens with one attached hydrogen (secondary N) is 1. The summed E-state index contributed by atoms with van der Waals surface area (Å²) in [5.74, 6) is 0.433. The van der Waals surface area contributed by atoms with Crippen molar-refractivity contribution in [1.29, 1.82) is 0 Å². The number of hydrogen-bond donors (Lipinski definition) is 3. The van der Waals surface area contributed by atoms with Gasteiger partial charge in [-0.3, -0.25) is 4.57 Å². The second kappa shape index (κ2) is 6.23. The van der Waals surface area contributed by atoms with Crippen LogP contribution in [0.3, 0.4) is 0 Å². The number of allylic oxidation sites excluding steroid dienone is 1. The fourth-order valence-corrected chi connectivity index (χ4v) is 2.85. The third-order valence-electron chi connectivity index (χ3n) is 2.90. The van der Waals surface area contributed by atoms with Crippen LogP contribution in [0.5, 0.6) is 0 Å². The monoisotopic (exact) mass is 340 g/mol. The summed E-state index contributed by atoms with van der Waals surface area (Å²) >= 11 is 5.95. The van der Waals surface area contributed by atoms with Gasteiger partial charge in [0, 0.05) is 6.54 Å². The summed E-state index contributed by atoms with van der Waals surface area (Å²) in [5, 5.41) is 2.73. The van der Waals surface area contributed by atoms with Crippen molar-refractivity contribution >= 4 is 31.4 Å². The quantitative estimate of drug-likeness (QED) is 0.433. The maximum atomic E-state index is 12.3. The van der Waals surface area contributed by atoms with Crippen molar-refractivity contribution in [2.75, 3.05) is 0 Å². The Balaban J connectivity index is 2.14. The summed E-state index contributed by atoms with van der Waals surface area (Å²) in [4.78, 5) is 26.2. The molecule has 2 heterocycles. The number of aliphatic imine (C=N–C) groups is 1. The smallest absolute Gasteiger partial charge is 0.332 e. The van der Waals surface area contributed by atoms with Gasteiger partial charge < -0.3 is 19.7 Å². The van der Waals surface area contributed by atoms with Crippen molar-refractivity contribution in [3.63, 3.8) is 0 Å². The Bertz CT molecular complexity index is 626. The Labute approximate surface area is 123 Å². The van der Waals surface area contributed by atoms with E-state index in [0.717, 1.165) is 0 Å². The molecular formula is C10H12ClF2N4O3P. The summed E-state index contributed by atoms with van der Waals surface area (Å²) in [6.45, 7) is 0.0723. The van der Waals surface area contributed by atoms with Crippen molar-refractivity contribution in [1.82, 2.24) is 14.9 Å². The number of rotatable bonds is 5. The van der Waals surface area contributed by atoms with E-state index in [2.05, 4.69) is 15.3 Å². The van der Waals surface area contributed by atoms with Crippen LogP contribution in [0.2, 0.25) is 0 Å². The average molecular weight is 341 g/mol. The predicted octanol–water partition coefficient (Wildman–Crippen LogP) is 2.10. The van der Waals surface area contributed by atoms with Crippen LogP contribution in [0.15, 0.2) is 23.5 Å². The SMILES string of the molecule is O=P(O)(O)C(C=C(F)F)CCn1cnc2c1N=CNC2Cl. The highest BCUT2D eigenvalue weighted by Crippen LogP contribution is 2.44. The first-order valence-electron chi connectivity index (χ1n) is 5.84. The van der Waals surface area contributed by atoms with Gasteiger partial charge in [-0.25, -0.2) is 9.98 Å². The molecule has 21 heavy (non-hydrogen) atoms.